The van der Waals surface area contributed by atoms with Crippen LogP contribution in [0.25, 0.3) is 32.8 Å². The van der Waals surface area contributed by atoms with E-state index < -0.39 is 59.5 Å². The fraction of sp³-hybridized carbons (Fsp3) is 0.474. The number of nitrogens with two attached hydrogens (primary N) is 1. The van der Waals surface area contributed by atoms with Gasteiger partial charge >= 0.3 is 24.2 Å². The number of carbonyl (C=O) groups is 2. The number of carboxylic acids is 1. The smallest absolute Gasteiger partial charge is 0.422 e. The topological polar surface area (TPSA) is 150 Å². The molecule has 3 N–H and O–H groups in total. The van der Waals surface area contributed by atoms with E-state index in [2.05, 4.69) is 9.97 Å². The number of carboxylic acid groups (broad SMARTS) is 1. The normalized spacial score (nSPS) is 17.9. The highest BCUT2D eigenvalue weighted by molar-refractivity contribution is 6.07. The number of nitrogen functional groups attached to an aromatic ring is 1. The number of aliphatic carboxylic acids is 1. The Morgan fingerprint density at radius 2 is 1.73 bits per heavy atom. The van der Waals surface area contributed by atoms with E-state index in [1.807, 2.05) is 0 Å². The number of rotatable bonds is 11. The van der Waals surface area contributed by atoms with Crippen molar-refractivity contribution in [3.63, 3.8) is 0 Å². The zero-order chi connectivity index (χ0) is 40.0. The number of carbonyl (C=O) groups excluding carboxylic acids is 1. The van der Waals surface area contributed by atoms with Crippen LogP contribution in [-0.4, -0.2) is 89.5 Å². The summed E-state index contributed by atoms with van der Waals surface area (Å²) in [6, 6.07) is 5.31. The Bertz CT molecular complexity index is 2110. The van der Waals surface area contributed by atoms with E-state index in [-0.39, 0.29) is 83.1 Å². The molecule has 3 aromatic carbocycles. The first-order valence-corrected chi connectivity index (χ1v) is 17.8. The molecular weight excluding hydrogens is 733 g/mol. The molecule has 0 aliphatic carbocycles. The van der Waals surface area contributed by atoms with Crippen LogP contribution in [0, 0.1) is 11.6 Å². The van der Waals surface area contributed by atoms with Gasteiger partial charge in [0.05, 0.1) is 18.0 Å². The van der Waals surface area contributed by atoms with Crippen LogP contribution >= 0.6 is 0 Å². The van der Waals surface area contributed by atoms with Crippen LogP contribution < -0.4 is 20.1 Å². The number of methoxy groups -OCH3 is 1. The van der Waals surface area contributed by atoms with Crippen molar-refractivity contribution in [2.75, 3.05) is 44.2 Å². The highest BCUT2D eigenvalue weighted by Gasteiger charge is 2.45. The molecule has 2 aliphatic rings. The Morgan fingerprint density at radius 1 is 1.04 bits per heavy atom. The summed E-state index contributed by atoms with van der Waals surface area (Å²) >= 11 is 0. The first-order chi connectivity index (χ1) is 25.9. The Balaban J connectivity index is 1.57. The Morgan fingerprint density at radius 3 is 2.33 bits per heavy atom. The summed E-state index contributed by atoms with van der Waals surface area (Å²) in [5, 5.41) is 10.6. The number of amides is 1. The average Bonchev–Trinajstić information content (AvgIpc) is 3.37. The first kappa shape index (κ1) is 39.5. The van der Waals surface area contributed by atoms with Crippen LogP contribution in [-0.2, 0) is 14.3 Å². The number of anilines is 2. The lowest BCUT2D eigenvalue weighted by Crippen LogP contribution is -2.57. The second-order valence-corrected chi connectivity index (χ2v) is 14.7. The second kappa shape index (κ2) is 15.2. The highest BCUT2D eigenvalue weighted by Crippen LogP contribution is 2.46. The third-order valence-electron chi connectivity index (χ3n) is 9.59. The van der Waals surface area contributed by atoms with Gasteiger partial charge in [-0.3, -0.25) is 9.69 Å². The lowest BCUT2D eigenvalue weighted by atomic mass is 9.85. The summed E-state index contributed by atoms with van der Waals surface area (Å²) in [6.45, 7) is 5.39. The van der Waals surface area contributed by atoms with Crippen molar-refractivity contribution in [2.24, 2.45) is 0 Å². The molecule has 2 bridgehead atoms. The molecule has 0 spiro atoms. The number of fused-ring (bicyclic) bond motifs is 4. The van der Waals surface area contributed by atoms with Crippen LogP contribution in [0.1, 0.15) is 64.9 Å². The monoisotopic (exact) mass is 775 g/mol. The molecule has 1 aromatic heterocycles. The van der Waals surface area contributed by atoms with Gasteiger partial charge in [-0.05, 0) is 80.6 Å². The predicted octanol–water partition coefficient (Wildman–Crippen LogP) is 7.79. The number of alkyl halides is 3. The lowest BCUT2D eigenvalue weighted by molar-refractivity contribution is -0.154. The fourth-order valence-electron chi connectivity index (χ4n) is 7.49. The summed E-state index contributed by atoms with van der Waals surface area (Å²) in [5.41, 5.74) is 4.70. The van der Waals surface area contributed by atoms with Crippen molar-refractivity contribution in [1.82, 2.24) is 14.9 Å². The van der Waals surface area contributed by atoms with E-state index in [4.69, 9.17) is 24.7 Å². The highest BCUT2D eigenvalue weighted by atomic mass is 19.4. The minimum absolute atomic E-state index is 0.0303. The molecule has 3 atom stereocenters. The van der Waals surface area contributed by atoms with Gasteiger partial charge in [0.1, 0.15) is 28.5 Å². The third-order valence-corrected chi connectivity index (χ3v) is 9.59. The zero-order valence-corrected chi connectivity index (χ0v) is 30.9. The quantitative estimate of drug-likeness (QED) is 0.0874. The molecule has 3 heterocycles. The maximum atomic E-state index is 17.3. The van der Waals surface area contributed by atoms with Gasteiger partial charge in [-0.1, -0.05) is 19.4 Å². The molecule has 2 saturated heterocycles. The van der Waals surface area contributed by atoms with Gasteiger partial charge in [0.25, 0.3) is 0 Å². The van der Waals surface area contributed by atoms with E-state index >= 15 is 8.78 Å². The number of hydrogen-bond donors (Lipinski definition) is 2. The molecule has 296 valence electrons. The molecule has 2 fully saturated rings. The van der Waals surface area contributed by atoms with Gasteiger partial charge in [-0.2, -0.15) is 23.1 Å². The van der Waals surface area contributed by atoms with E-state index in [1.54, 1.807) is 37.5 Å². The number of aromatic nitrogens is 2. The number of hydrogen-bond acceptors (Lipinski definition) is 10. The van der Waals surface area contributed by atoms with Crippen molar-refractivity contribution in [3.05, 3.63) is 47.5 Å². The number of nitrogens with zero attached hydrogens (tertiary/aromatic N) is 4. The number of ether oxygens (including phenoxy) is 4. The maximum Gasteiger partial charge on any atom is 0.422 e. The van der Waals surface area contributed by atoms with Crippen molar-refractivity contribution in [3.8, 4) is 22.9 Å². The minimum atomic E-state index is -4.78. The van der Waals surface area contributed by atoms with E-state index in [0.717, 1.165) is 6.07 Å². The second-order valence-electron chi connectivity index (χ2n) is 14.7. The average molecular weight is 776 g/mol. The van der Waals surface area contributed by atoms with E-state index in [0.29, 0.717) is 24.6 Å². The summed E-state index contributed by atoms with van der Waals surface area (Å²) < 4.78 is 94.6. The minimum Gasteiger partial charge on any atom is -0.481 e. The van der Waals surface area contributed by atoms with Gasteiger partial charge in [0.2, 0.25) is 0 Å². The molecule has 0 saturated carbocycles. The molecule has 0 radical (unpaired) electrons. The number of benzene rings is 3. The van der Waals surface area contributed by atoms with Gasteiger partial charge < -0.3 is 34.7 Å². The maximum absolute atomic E-state index is 17.3. The van der Waals surface area contributed by atoms with Gasteiger partial charge in [0, 0.05) is 42.4 Å². The molecule has 55 heavy (non-hydrogen) atoms. The van der Waals surface area contributed by atoms with Crippen LogP contribution in [0.15, 0.2) is 30.3 Å². The Labute approximate surface area is 313 Å². The molecule has 6 rings (SSSR count). The Hall–Kier alpha value is -5.19. The molecule has 12 nitrogen and oxygen atoms in total. The van der Waals surface area contributed by atoms with Gasteiger partial charge in [-0.25, -0.2) is 13.6 Å². The largest absolute Gasteiger partial charge is 0.481 e. The number of halogens is 5. The van der Waals surface area contributed by atoms with Crippen molar-refractivity contribution < 1.29 is 55.6 Å². The summed E-state index contributed by atoms with van der Waals surface area (Å²) in [7, 11) is 1.39. The van der Waals surface area contributed by atoms with E-state index in [1.165, 1.54) is 31.4 Å². The van der Waals surface area contributed by atoms with Crippen molar-refractivity contribution in [2.45, 2.75) is 83.2 Å². The molecule has 1 amide bonds. The first-order valence-electron chi connectivity index (χ1n) is 17.8. The summed E-state index contributed by atoms with van der Waals surface area (Å²) in [6.07, 6.45) is -3.60. The van der Waals surface area contributed by atoms with Crippen molar-refractivity contribution >= 4 is 45.2 Å². The van der Waals surface area contributed by atoms with Crippen LogP contribution in [0.4, 0.5) is 38.3 Å². The van der Waals surface area contributed by atoms with Crippen molar-refractivity contribution in [1.29, 1.82) is 0 Å². The SMILES string of the molecule is CCCC(C(=O)O)c1c(F)ccc2cc(OCOC)cc(-c3c(N)cc4c(N5C[C@H]6CC[C@@H](C5)N6C(=O)OC(C)(C)C)nc(OCC(F)(F)F)nc4c3F)c12. The lowest BCUT2D eigenvalue weighted by Gasteiger charge is -2.42. The third kappa shape index (κ3) is 8.11. The standard InChI is InChI=1S/C38H42F5N5O7/c1-6-7-23(34(49)50)29-26(39)11-8-19-12-22(54-18-52-5)13-24(28(19)29)30-27(44)14-25-32(31(30)40)45-35(53-17-38(41,42)43)46-33(25)47-15-20-9-10-21(16-47)48(20)36(51)55-37(2,3)4/h8,11-14,20-21,23H,6-7,9-10,15-18,44H2,1-5H3,(H,49,50)/t20-,21+,23?. The zero-order valence-electron chi connectivity index (χ0n) is 30.9. The molecular formula is C38H42F5N5O7. The summed E-state index contributed by atoms with van der Waals surface area (Å²) in [4.78, 5) is 37.5. The van der Waals surface area contributed by atoms with Crippen LogP contribution in [0.3, 0.4) is 0 Å². The van der Waals surface area contributed by atoms with Crippen LogP contribution in [0.2, 0.25) is 0 Å². The van der Waals surface area contributed by atoms with Crippen LogP contribution in [0.5, 0.6) is 11.8 Å². The summed E-state index contributed by atoms with van der Waals surface area (Å²) in [5.74, 6) is -4.38. The number of piperazine rings is 1. The molecule has 4 aromatic rings. The van der Waals surface area contributed by atoms with E-state index in [9.17, 15) is 27.9 Å². The predicted molar refractivity (Wildman–Crippen MR) is 193 cm³/mol. The molecule has 2 aliphatic heterocycles. The molecule has 17 heteroatoms. The van der Waals surface area contributed by atoms with Gasteiger partial charge in [-0.15, -0.1) is 0 Å². The van der Waals surface area contributed by atoms with Gasteiger partial charge in [0.15, 0.2) is 19.2 Å². The molecule has 1 unspecified atom stereocenters. The fourth-order valence-corrected chi connectivity index (χ4v) is 7.49. The Kier molecular flexibility index (Phi) is 10.9.